The minimum Gasteiger partial charge on any atom is -0.192 e. The summed E-state index contributed by atoms with van der Waals surface area (Å²) < 4.78 is 4.96. The molecule has 0 bridgehead atoms. The number of nitrogens with zero attached hydrogens (tertiary/aromatic N) is 2. The summed E-state index contributed by atoms with van der Waals surface area (Å²) in [6.07, 6.45) is 0. The van der Waals surface area contributed by atoms with Crippen LogP contribution in [0.3, 0.4) is 0 Å². The molecule has 0 aliphatic heterocycles. The molecule has 0 atom stereocenters. The quantitative estimate of drug-likeness (QED) is 0.213. The van der Waals surface area contributed by atoms with Crippen molar-refractivity contribution in [2.45, 2.75) is 0 Å². The molecule has 4 heteroatoms. The zero-order valence-electron chi connectivity index (χ0n) is 22.3. The average Bonchev–Trinajstić information content (AvgIpc) is 3.61. The fourth-order valence-corrected chi connectivity index (χ4v) is 8.20. The first kappa shape index (κ1) is 24.5. The fraction of sp³-hybridized carbons (Fsp3) is 0. The molecule has 42 heavy (non-hydrogen) atoms. The Balaban J connectivity index is 1.41. The first-order valence-electron chi connectivity index (χ1n) is 13.6. The highest BCUT2D eigenvalue weighted by molar-refractivity contribution is 7.26. The van der Waals surface area contributed by atoms with E-state index >= 15 is 0 Å². The molecule has 2 heterocycles. The van der Waals surface area contributed by atoms with E-state index in [1.807, 2.05) is 30.3 Å². The van der Waals surface area contributed by atoms with Crippen LogP contribution in [0.5, 0.6) is 0 Å². The van der Waals surface area contributed by atoms with Crippen molar-refractivity contribution in [2.24, 2.45) is 0 Å². The van der Waals surface area contributed by atoms with Gasteiger partial charge >= 0.3 is 0 Å². The Labute approximate surface area is 250 Å². The Hall–Kier alpha value is -5.26. The van der Waals surface area contributed by atoms with E-state index in [0.717, 1.165) is 33.4 Å². The third kappa shape index (κ3) is 3.82. The summed E-state index contributed by atoms with van der Waals surface area (Å²) in [4.78, 5) is 0. The minimum atomic E-state index is 0.584. The van der Waals surface area contributed by atoms with Crippen LogP contribution in [0.1, 0.15) is 11.1 Å². The van der Waals surface area contributed by atoms with Crippen molar-refractivity contribution >= 4 is 63.0 Å². The zero-order valence-corrected chi connectivity index (χ0v) is 23.9. The number of fused-ring (bicyclic) bond motifs is 6. The smallest absolute Gasteiger partial charge is 0.0998 e. The molecule has 194 valence electrons. The van der Waals surface area contributed by atoms with Crippen LogP contribution in [0.25, 0.3) is 73.7 Å². The Kier molecular flexibility index (Phi) is 5.66. The molecule has 8 rings (SSSR count). The lowest BCUT2D eigenvalue weighted by molar-refractivity contribution is 1.46. The van der Waals surface area contributed by atoms with E-state index < -0.39 is 0 Å². The lowest BCUT2D eigenvalue weighted by Crippen LogP contribution is -1.94. The van der Waals surface area contributed by atoms with Crippen LogP contribution in [0.2, 0.25) is 0 Å². The van der Waals surface area contributed by atoms with Crippen LogP contribution in [0.15, 0.2) is 121 Å². The largest absolute Gasteiger partial charge is 0.192 e. The van der Waals surface area contributed by atoms with Crippen LogP contribution >= 0.6 is 22.7 Å². The van der Waals surface area contributed by atoms with E-state index in [1.54, 1.807) is 22.7 Å². The molecule has 2 nitrogen and oxygen atoms in total. The van der Waals surface area contributed by atoms with Crippen LogP contribution in [-0.4, -0.2) is 0 Å². The van der Waals surface area contributed by atoms with Crippen molar-refractivity contribution in [3.05, 3.63) is 132 Å². The normalized spacial score (nSPS) is 11.3. The number of nitriles is 2. The second kappa shape index (κ2) is 9.68. The zero-order chi connectivity index (χ0) is 28.2. The third-order valence-electron chi connectivity index (χ3n) is 7.97. The molecule has 0 amide bonds. The van der Waals surface area contributed by atoms with Crippen LogP contribution in [-0.2, 0) is 0 Å². The van der Waals surface area contributed by atoms with Gasteiger partial charge in [0, 0.05) is 51.5 Å². The number of benzene rings is 6. The molecule has 0 N–H and O–H groups in total. The highest BCUT2D eigenvalue weighted by atomic mass is 32.1. The summed E-state index contributed by atoms with van der Waals surface area (Å²) in [5.74, 6) is 0. The summed E-state index contributed by atoms with van der Waals surface area (Å²) in [5, 5.41) is 25.5. The van der Waals surface area contributed by atoms with Crippen LogP contribution in [0, 0.1) is 22.7 Å². The Morgan fingerprint density at radius 3 is 1.62 bits per heavy atom. The van der Waals surface area contributed by atoms with Crippen molar-refractivity contribution < 1.29 is 0 Å². The molecular weight excluding hydrogens is 549 g/mol. The molecule has 0 saturated carbocycles. The average molecular weight is 569 g/mol. The second-order valence-electron chi connectivity index (χ2n) is 10.3. The van der Waals surface area contributed by atoms with Gasteiger partial charge in [-0.3, -0.25) is 0 Å². The standard InChI is InChI=1S/C38H20N2S2/c39-21-25-7-1-2-8-28(25)33-20-26(23-13-15-36-31(18-23)29-9-3-5-11-34(29)41-36)17-27(22-40)38(33)24-14-16-37-32(19-24)30-10-4-6-12-35(30)42-37/h1-20H. The maximum Gasteiger partial charge on any atom is 0.0998 e. The molecular formula is C38H20N2S2. The van der Waals surface area contributed by atoms with Gasteiger partial charge in [0.1, 0.15) is 0 Å². The highest BCUT2D eigenvalue weighted by Gasteiger charge is 2.19. The van der Waals surface area contributed by atoms with E-state index in [1.165, 1.54) is 40.3 Å². The van der Waals surface area contributed by atoms with Gasteiger partial charge in [-0.15, -0.1) is 22.7 Å². The van der Waals surface area contributed by atoms with Gasteiger partial charge < -0.3 is 0 Å². The Bertz CT molecular complexity index is 2450. The number of hydrogen-bond donors (Lipinski definition) is 0. The number of rotatable bonds is 3. The minimum absolute atomic E-state index is 0.584. The van der Waals surface area contributed by atoms with Crippen molar-refractivity contribution in [2.75, 3.05) is 0 Å². The van der Waals surface area contributed by atoms with Gasteiger partial charge in [0.15, 0.2) is 0 Å². The van der Waals surface area contributed by atoms with Gasteiger partial charge in [-0.05, 0) is 76.9 Å². The van der Waals surface area contributed by atoms with Crippen molar-refractivity contribution in [1.29, 1.82) is 10.5 Å². The molecule has 0 spiro atoms. The van der Waals surface area contributed by atoms with Crippen molar-refractivity contribution in [1.82, 2.24) is 0 Å². The summed E-state index contributed by atoms with van der Waals surface area (Å²) in [5.41, 5.74) is 6.70. The monoisotopic (exact) mass is 568 g/mol. The van der Waals surface area contributed by atoms with Gasteiger partial charge in [-0.2, -0.15) is 10.5 Å². The number of thiophene rings is 2. The lowest BCUT2D eigenvalue weighted by atomic mass is 9.85. The fourth-order valence-electron chi connectivity index (χ4n) is 6.02. The third-order valence-corrected chi connectivity index (χ3v) is 10.3. The predicted octanol–water partition coefficient (Wildman–Crippen LogP) is 11.2. The second-order valence-corrected chi connectivity index (χ2v) is 12.5. The Morgan fingerprint density at radius 2 is 0.952 bits per heavy atom. The van der Waals surface area contributed by atoms with Crippen LogP contribution < -0.4 is 0 Å². The van der Waals surface area contributed by atoms with E-state index in [0.29, 0.717) is 11.1 Å². The van der Waals surface area contributed by atoms with Gasteiger partial charge in [0.05, 0.1) is 23.3 Å². The van der Waals surface area contributed by atoms with E-state index in [2.05, 4.69) is 103 Å². The SMILES string of the molecule is N#Cc1ccccc1-c1cc(-c2ccc3sc4ccccc4c3c2)cc(C#N)c1-c1ccc2sc3ccccc3c2c1. The molecule has 8 aromatic rings. The van der Waals surface area contributed by atoms with Gasteiger partial charge in [0.2, 0.25) is 0 Å². The van der Waals surface area contributed by atoms with Crippen molar-refractivity contribution in [3.8, 4) is 45.5 Å². The van der Waals surface area contributed by atoms with Gasteiger partial charge in [0.25, 0.3) is 0 Å². The summed E-state index contributed by atoms with van der Waals surface area (Å²) in [7, 11) is 0. The lowest BCUT2D eigenvalue weighted by Gasteiger charge is -2.16. The molecule has 6 aromatic carbocycles. The van der Waals surface area contributed by atoms with E-state index in [9.17, 15) is 10.5 Å². The van der Waals surface area contributed by atoms with Crippen LogP contribution in [0.4, 0.5) is 0 Å². The van der Waals surface area contributed by atoms with E-state index in [4.69, 9.17) is 0 Å². The first-order valence-corrected chi connectivity index (χ1v) is 15.3. The molecule has 2 aromatic heterocycles. The summed E-state index contributed by atoms with van der Waals surface area (Å²) in [6, 6.07) is 46.6. The predicted molar refractivity (Wildman–Crippen MR) is 178 cm³/mol. The van der Waals surface area contributed by atoms with E-state index in [-0.39, 0.29) is 0 Å². The molecule has 0 aliphatic carbocycles. The first-order chi connectivity index (χ1) is 20.7. The maximum atomic E-state index is 10.6. The molecule has 0 fully saturated rings. The maximum absolute atomic E-state index is 10.6. The molecule has 0 saturated heterocycles. The topological polar surface area (TPSA) is 47.6 Å². The van der Waals surface area contributed by atoms with Gasteiger partial charge in [-0.1, -0.05) is 66.7 Å². The molecule has 0 radical (unpaired) electrons. The van der Waals surface area contributed by atoms with Crippen molar-refractivity contribution in [3.63, 3.8) is 0 Å². The van der Waals surface area contributed by atoms with Gasteiger partial charge in [-0.25, -0.2) is 0 Å². The highest BCUT2D eigenvalue weighted by Crippen LogP contribution is 2.44. The molecule has 0 unspecified atom stereocenters. The Morgan fingerprint density at radius 1 is 0.405 bits per heavy atom. The summed E-state index contributed by atoms with van der Waals surface area (Å²) in [6.45, 7) is 0. The number of hydrogen-bond acceptors (Lipinski definition) is 4. The molecule has 0 aliphatic rings. The summed E-state index contributed by atoms with van der Waals surface area (Å²) >= 11 is 3.57.